The van der Waals surface area contributed by atoms with Crippen LogP contribution in [-0.4, -0.2) is 21.0 Å². The average molecular weight is 410 g/mol. The van der Waals surface area contributed by atoms with Gasteiger partial charge in [-0.05, 0) is 36.8 Å². The first kappa shape index (κ1) is 18.7. The van der Waals surface area contributed by atoms with Crippen LogP contribution in [-0.2, 0) is 0 Å². The van der Waals surface area contributed by atoms with Crippen LogP contribution >= 0.6 is 0 Å². The fraction of sp³-hybridized carbons (Fsp3) is 0.0833. The molecule has 0 fully saturated rings. The maximum absolute atomic E-state index is 13.4. The van der Waals surface area contributed by atoms with Crippen molar-refractivity contribution in [3.63, 3.8) is 0 Å². The van der Waals surface area contributed by atoms with E-state index in [-0.39, 0.29) is 11.6 Å². The number of H-pyrrole nitrogens is 1. The summed E-state index contributed by atoms with van der Waals surface area (Å²) in [5, 5.41) is 18.5. The van der Waals surface area contributed by atoms with Gasteiger partial charge >= 0.3 is 0 Å². The summed E-state index contributed by atoms with van der Waals surface area (Å²) in [4.78, 5) is 25.8. The number of nitro benzene ring substituents is 1. The minimum absolute atomic E-state index is 0.00510. The second kappa shape index (κ2) is 7.21. The van der Waals surface area contributed by atoms with E-state index in [2.05, 4.69) is 10.2 Å². The van der Waals surface area contributed by atoms with Gasteiger partial charge in [-0.3, -0.25) is 24.9 Å². The molecular weight excluding hydrogens is 392 g/mol. The molecule has 0 aliphatic carbocycles. The van der Waals surface area contributed by atoms with E-state index in [1.54, 1.807) is 17.0 Å². The summed E-state index contributed by atoms with van der Waals surface area (Å²) in [6, 6.07) is 23.2. The molecule has 4 aromatic rings. The molecule has 0 saturated heterocycles. The van der Waals surface area contributed by atoms with Crippen LogP contribution in [0.1, 0.15) is 33.2 Å². The monoisotopic (exact) mass is 410 g/mol. The van der Waals surface area contributed by atoms with Crippen LogP contribution in [0.2, 0.25) is 0 Å². The quantitative estimate of drug-likeness (QED) is 0.377. The molecule has 31 heavy (non-hydrogen) atoms. The second-order valence-corrected chi connectivity index (χ2v) is 7.49. The molecule has 1 aliphatic heterocycles. The maximum atomic E-state index is 13.4. The number of nitrogens with zero attached hydrogens (tertiary/aromatic N) is 3. The molecule has 0 unspecified atom stereocenters. The number of aryl methyl sites for hydroxylation is 1. The van der Waals surface area contributed by atoms with Crippen molar-refractivity contribution < 1.29 is 9.72 Å². The summed E-state index contributed by atoms with van der Waals surface area (Å²) in [6.07, 6.45) is 0. The molecule has 1 amide bonds. The summed E-state index contributed by atoms with van der Waals surface area (Å²) in [7, 11) is 0. The van der Waals surface area contributed by atoms with Crippen molar-refractivity contribution in [1.29, 1.82) is 0 Å². The van der Waals surface area contributed by atoms with Crippen LogP contribution in [0.4, 0.5) is 11.4 Å². The third-order valence-electron chi connectivity index (χ3n) is 5.55. The zero-order valence-corrected chi connectivity index (χ0v) is 16.6. The molecule has 0 spiro atoms. The lowest BCUT2D eigenvalue weighted by Gasteiger charge is -2.26. The smallest absolute Gasteiger partial charge is 0.277 e. The van der Waals surface area contributed by atoms with Gasteiger partial charge in [0.05, 0.1) is 16.7 Å². The topological polar surface area (TPSA) is 92.1 Å². The van der Waals surface area contributed by atoms with Crippen molar-refractivity contribution in [3.8, 4) is 11.3 Å². The number of rotatable bonds is 4. The standard InChI is InChI=1S/C24H18N4O3/c1-15-7-9-16(10-8-15)21-20-22(26-25-21)24(29)27(18-5-3-2-4-6-18)23(20)17-11-13-19(14-12-17)28(30)31/h2-14,23H,1H3,(H,25,26)/t23-/m1/s1. The molecule has 1 atom stereocenters. The Morgan fingerprint density at radius 2 is 1.65 bits per heavy atom. The number of carbonyl (C=O) groups is 1. The predicted molar refractivity (Wildman–Crippen MR) is 117 cm³/mol. The number of nitro groups is 1. The van der Waals surface area contributed by atoms with Gasteiger partial charge in [-0.1, -0.05) is 48.0 Å². The molecule has 1 aromatic heterocycles. The van der Waals surface area contributed by atoms with Crippen molar-refractivity contribution in [2.75, 3.05) is 4.90 Å². The van der Waals surface area contributed by atoms with E-state index < -0.39 is 11.0 Å². The highest BCUT2D eigenvalue weighted by atomic mass is 16.6. The molecule has 152 valence electrons. The number of carbonyl (C=O) groups excluding carboxylic acids is 1. The lowest BCUT2D eigenvalue weighted by atomic mass is 9.95. The van der Waals surface area contributed by atoms with E-state index in [9.17, 15) is 14.9 Å². The van der Waals surface area contributed by atoms with Gasteiger partial charge < -0.3 is 0 Å². The van der Waals surface area contributed by atoms with Crippen molar-refractivity contribution >= 4 is 17.3 Å². The van der Waals surface area contributed by atoms with Gasteiger partial charge in [-0.25, -0.2) is 0 Å². The molecule has 0 bridgehead atoms. The number of aromatic nitrogens is 2. The second-order valence-electron chi connectivity index (χ2n) is 7.49. The van der Waals surface area contributed by atoms with Crippen molar-refractivity contribution in [3.05, 3.63) is 111 Å². The van der Waals surface area contributed by atoms with Crippen molar-refractivity contribution in [2.45, 2.75) is 13.0 Å². The van der Waals surface area contributed by atoms with Crippen LogP contribution < -0.4 is 4.90 Å². The Kier molecular flexibility index (Phi) is 4.36. The van der Waals surface area contributed by atoms with Crippen molar-refractivity contribution in [2.24, 2.45) is 0 Å². The van der Waals surface area contributed by atoms with E-state index >= 15 is 0 Å². The first-order valence-corrected chi connectivity index (χ1v) is 9.83. The van der Waals surface area contributed by atoms with Crippen LogP contribution in [0, 0.1) is 17.0 Å². The summed E-state index contributed by atoms with van der Waals surface area (Å²) in [5.74, 6) is -0.185. The normalized spacial score (nSPS) is 15.2. The van der Waals surface area contributed by atoms with Gasteiger partial charge in [0.1, 0.15) is 5.69 Å². The third-order valence-corrected chi connectivity index (χ3v) is 5.55. The van der Waals surface area contributed by atoms with Gasteiger partial charge in [-0.15, -0.1) is 0 Å². The Balaban J connectivity index is 1.70. The molecule has 3 aromatic carbocycles. The number of aromatic amines is 1. The molecule has 5 rings (SSSR count). The van der Waals surface area contributed by atoms with E-state index in [1.807, 2.05) is 61.5 Å². The third kappa shape index (κ3) is 3.07. The highest BCUT2D eigenvalue weighted by molar-refractivity contribution is 6.11. The SMILES string of the molecule is Cc1ccc(-c2n[nH]c3c2[C@@H](c2ccc([N+](=O)[O-])cc2)N(c2ccccc2)C3=O)cc1. The first-order chi connectivity index (χ1) is 15.0. The number of amides is 1. The number of hydrogen-bond donors (Lipinski definition) is 1. The summed E-state index contributed by atoms with van der Waals surface area (Å²) in [6.45, 7) is 2.01. The molecule has 1 N–H and O–H groups in total. The van der Waals surface area contributed by atoms with Gasteiger partial charge in [0, 0.05) is 28.9 Å². The molecule has 7 heteroatoms. The van der Waals surface area contributed by atoms with Gasteiger partial charge in [0.2, 0.25) is 0 Å². The number of nitrogens with one attached hydrogen (secondary N) is 1. The van der Waals surface area contributed by atoms with E-state index in [1.165, 1.54) is 12.1 Å². The number of para-hydroxylation sites is 1. The van der Waals surface area contributed by atoms with Crippen LogP contribution in [0.25, 0.3) is 11.3 Å². The first-order valence-electron chi connectivity index (χ1n) is 9.83. The molecule has 0 radical (unpaired) electrons. The number of anilines is 1. The zero-order valence-electron chi connectivity index (χ0n) is 16.6. The van der Waals surface area contributed by atoms with Gasteiger partial charge in [0.15, 0.2) is 0 Å². The largest absolute Gasteiger partial charge is 0.295 e. The molecule has 0 saturated carbocycles. The number of non-ortho nitro benzene ring substituents is 1. The van der Waals surface area contributed by atoms with Crippen LogP contribution in [0.15, 0.2) is 78.9 Å². The minimum Gasteiger partial charge on any atom is -0.295 e. The minimum atomic E-state index is -0.458. The molecule has 7 nitrogen and oxygen atoms in total. The van der Waals surface area contributed by atoms with Crippen LogP contribution in [0.5, 0.6) is 0 Å². The van der Waals surface area contributed by atoms with E-state index in [0.717, 1.165) is 27.9 Å². The highest BCUT2D eigenvalue weighted by Crippen LogP contribution is 2.45. The zero-order chi connectivity index (χ0) is 21.5. The van der Waals surface area contributed by atoms with E-state index in [4.69, 9.17) is 0 Å². The Bertz CT molecular complexity index is 1280. The average Bonchev–Trinajstić information content (AvgIpc) is 3.34. The van der Waals surface area contributed by atoms with E-state index in [0.29, 0.717) is 11.4 Å². The molecule has 2 heterocycles. The fourth-order valence-electron chi connectivity index (χ4n) is 4.03. The number of hydrogen-bond acceptors (Lipinski definition) is 4. The lowest BCUT2D eigenvalue weighted by Crippen LogP contribution is -2.29. The fourth-order valence-corrected chi connectivity index (χ4v) is 4.03. The van der Waals surface area contributed by atoms with Gasteiger partial charge in [-0.2, -0.15) is 5.10 Å². The maximum Gasteiger partial charge on any atom is 0.277 e. The highest BCUT2D eigenvalue weighted by Gasteiger charge is 2.43. The predicted octanol–water partition coefficient (Wildman–Crippen LogP) is 5.04. The summed E-state index contributed by atoms with van der Waals surface area (Å²) >= 11 is 0. The van der Waals surface area contributed by atoms with Crippen LogP contribution in [0.3, 0.4) is 0 Å². The summed E-state index contributed by atoms with van der Waals surface area (Å²) in [5.41, 5.74) is 5.46. The number of fused-ring (bicyclic) bond motifs is 1. The molecular formula is C24H18N4O3. The van der Waals surface area contributed by atoms with Gasteiger partial charge in [0.25, 0.3) is 11.6 Å². The molecule has 1 aliphatic rings. The van der Waals surface area contributed by atoms with Crippen molar-refractivity contribution in [1.82, 2.24) is 10.2 Å². The Morgan fingerprint density at radius 3 is 2.29 bits per heavy atom. The Hall–Kier alpha value is -4.26. The number of benzene rings is 3. The Morgan fingerprint density at radius 1 is 0.968 bits per heavy atom. The lowest BCUT2D eigenvalue weighted by molar-refractivity contribution is -0.384. The Labute approximate surface area is 178 Å². The summed E-state index contributed by atoms with van der Waals surface area (Å²) < 4.78 is 0.